The number of hydrogen-bond acceptors (Lipinski definition) is 8. The summed E-state index contributed by atoms with van der Waals surface area (Å²) in [6.07, 6.45) is 2.46. The molecule has 5 rings (SSSR count). The van der Waals surface area contributed by atoms with Gasteiger partial charge in [-0.15, -0.1) is 0 Å². The minimum absolute atomic E-state index is 0.00505. The summed E-state index contributed by atoms with van der Waals surface area (Å²) in [6.45, 7) is 4.74. The first-order valence-corrected chi connectivity index (χ1v) is 12.2. The van der Waals surface area contributed by atoms with Crippen LogP contribution in [0.25, 0.3) is 16.9 Å². The number of anilines is 1. The zero-order valence-electron chi connectivity index (χ0n) is 21.4. The molecule has 0 spiro atoms. The third-order valence-corrected chi connectivity index (χ3v) is 6.11. The fourth-order valence-electron chi connectivity index (χ4n) is 4.25. The molecule has 1 aliphatic heterocycles. The Morgan fingerprint density at radius 3 is 2.79 bits per heavy atom. The number of methoxy groups -OCH3 is 1. The predicted molar refractivity (Wildman–Crippen MR) is 139 cm³/mol. The number of carbonyl (C=O) groups excluding carboxylic acids is 2. The van der Waals surface area contributed by atoms with Crippen LogP contribution < -0.4 is 20.1 Å². The summed E-state index contributed by atoms with van der Waals surface area (Å²) in [4.78, 5) is 33.5. The van der Waals surface area contributed by atoms with Gasteiger partial charge < -0.3 is 24.8 Å². The van der Waals surface area contributed by atoms with Crippen LogP contribution in [-0.4, -0.2) is 57.8 Å². The van der Waals surface area contributed by atoms with Crippen molar-refractivity contribution in [3.05, 3.63) is 65.5 Å². The number of aromatic nitrogens is 4. The molecule has 1 unspecified atom stereocenters. The van der Waals surface area contributed by atoms with Gasteiger partial charge in [-0.2, -0.15) is 5.10 Å². The van der Waals surface area contributed by atoms with Crippen molar-refractivity contribution in [1.29, 1.82) is 0 Å². The van der Waals surface area contributed by atoms with Gasteiger partial charge in [0.1, 0.15) is 17.4 Å². The SMILES string of the molecule is COc1nc(C)c(-c2ccc3nc(NC(C)=O)cn3n2)cc1C(=O)NCc1ccccc1OC1CCOC1. The van der Waals surface area contributed by atoms with E-state index in [1.165, 1.54) is 14.0 Å². The van der Waals surface area contributed by atoms with Gasteiger partial charge in [0.15, 0.2) is 11.5 Å². The summed E-state index contributed by atoms with van der Waals surface area (Å²) >= 11 is 0. The highest BCUT2D eigenvalue weighted by molar-refractivity contribution is 5.97. The number of carbonyl (C=O) groups is 2. The number of hydrogen-bond donors (Lipinski definition) is 2. The Bertz CT molecular complexity index is 1490. The maximum atomic E-state index is 13.3. The van der Waals surface area contributed by atoms with Gasteiger partial charge in [0, 0.05) is 31.0 Å². The molecule has 11 nitrogen and oxygen atoms in total. The second-order valence-electron chi connectivity index (χ2n) is 8.90. The summed E-state index contributed by atoms with van der Waals surface area (Å²) < 4.78 is 18.5. The fourth-order valence-corrected chi connectivity index (χ4v) is 4.25. The zero-order valence-corrected chi connectivity index (χ0v) is 21.4. The Kier molecular flexibility index (Phi) is 7.18. The molecule has 1 saturated heterocycles. The van der Waals surface area contributed by atoms with Gasteiger partial charge in [0.05, 0.1) is 37.9 Å². The van der Waals surface area contributed by atoms with Crippen molar-refractivity contribution in [3.63, 3.8) is 0 Å². The molecule has 1 atom stereocenters. The van der Waals surface area contributed by atoms with E-state index in [0.29, 0.717) is 41.6 Å². The summed E-state index contributed by atoms with van der Waals surface area (Å²) in [5, 5.41) is 10.2. The number of amides is 2. The van der Waals surface area contributed by atoms with Crippen molar-refractivity contribution in [2.75, 3.05) is 25.6 Å². The quantitative estimate of drug-likeness (QED) is 0.365. The van der Waals surface area contributed by atoms with Crippen LogP contribution in [0.15, 0.2) is 48.7 Å². The minimum atomic E-state index is -0.341. The number of nitrogens with one attached hydrogen (secondary N) is 2. The van der Waals surface area contributed by atoms with E-state index in [1.54, 1.807) is 28.9 Å². The average Bonchev–Trinajstić information content (AvgIpc) is 3.56. The lowest BCUT2D eigenvalue weighted by Gasteiger charge is -2.16. The lowest BCUT2D eigenvalue weighted by Crippen LogP contribution is -2.25. The normalized spacial score (nSPS) is 14.9. The number of fused-ring (bicyclic) bond motifs is 1. The Morgan fingerprint density at radius 1 is 1.18 bits per heavy atom. The van der Waals surface area contributed by atoms with Crippen LogP contribution in [0.5, 0.6) is 11.6 Å². The number of ether oxygens (including phenoxy) is 3. The topological polar surface area (TPSA) is 129 Å². The van der Waals surface area contributed by atoms with E-state index in [1.807, 2.05) is 31.2 Å². The van der Waals surface area contributed by atoms with Gasteiger partial charge in [-0.3, -0.25) is 9.59 Å². The summed E-state index contributed by atoms with van der Waals surface area (Å²) in [6, 6.07) is 12.9. The predicted octanol–water partition coefficient (Wildman–Crippen LogP) is 3.16. The summed E-state index contributed by atoms with van der Waals surface area (Å²) in [5.41, 5.74) is 3.60. The maximum Gasteiger partial charge on any atom is 0.257 e. The number of benzene rings is 1. The van der Waals surface area contributed by atoms with Gasteiger partial charge in [-0.25, -0.2) is 14.5 Å². The van der Waals surface area contributed by atoms with Gasteiger partial charge in [-0.1, -0.05) is 18.2 Å². The molecule has 1 aromatic carbocycles. The lowest BCUT2D eigenvalue weighted by molar-refractivity contribution is -0.114. The van der Waals surface area contributed by atoms with Crippen LogP contribution in [0.1, 0.15) is 35.0 Å². The number of imidazole rings is 1. The van der Waals surface area contributed by atoms with Crippen molar-refractivity contribution in [3.8, 4) is 22.9 Å². The van der Waals surface area contributed by atoms with Crippen LogP contribution in [0, 0.1) is 6.92 Å². The molecule has 0 saturated carbocycles. The van der Waals surface area contributed by atoms with Crippen LogP contribution in [0.3, 0.4) is 0 Å². The first-order chi connectivity index (χ1) is 18.4. The number of pyridine rings is 1. The number of aryl methyl sites for hydroxylation is 1. The van der Waals surface area contributed by atoms with Gasteiger partial charge >= 0.3 is 0 Å². The molecule has 2 amide bonds. The first-order valence-electron chi connectivity index (χ1n) is 12.2. The van der Waals surface area contributed by atoms with Crippen molar-refractivity contribution in [2.45, 2.75) is 32.9 Å². The zero-order chi connectivity index (χ0) is 26.6. The Morgan fingerprint density at radius 2 is 2.03 bits per heavy atom. The molecule has 0 aliphatic carbocycles. The van der Waals surface area contributed by atoms with Crippen molar-refractivity contribution in [1.82, 2.24) is 24.9 Å². The van der Waals surface area contributed by atoms with E-state index in [9.17, 15) is 9.59 Å². The van der Waals surface area contributed by atoms with E-state index in [2.05, 4.69) is 25.7 Å². The molecule has 0 radical (unpaired) electrons. The first kappa shape index (κ1) is 25.2. The second-order valence-corrected chi connectivity index (χ2v) is 8.90. The van der Waals surface area contributed by atoms with Crippen LogP contribution in [-0.2, 0) is 16.1 Å². The van der Waals surface area contributed by atoms with Crippen molar-refractivity contribution >= 4 is 23.3 Å². The molecule has 4 heterocycles. The highest BCUT2D eigenvalue weighted by Gasteiger charge is 2.21. The van der Waals surface area contributed by atoms with Crippen LogP contribution in [0.4, 0.5) is 5.82 Å². The Hall–Kier alpha value is -4.51. The second kappa shape index (κ2) is 10.9. The summed E-state index contributed by atoms with van der Waals surface area (Å²) in [5.74, 6) is 0.770. The molecule has 1 aliphatic rings. The Balaban J connectivity index is 1.39. The molecule has 2 N–H and O–H groups in total. The average molecular weight is 517 g/mol. The molecule has 11 heteroatoms. The smallest absolute Gasteiger partial charge is 0.257 e. The fraction of sp³-hybridized carbons (Fsp3) is 0.296. The number of para-hydroxylation sites is 1. The van der Waals surface area contributed by atoms with E-state index in [4.69, 9.17) is 14.2 Å². The molecular weight excluding hydrogens is 488 g/mol. The molecular formula is C27H28N6O5. The van der Waals surface area contributed by atoms with E-state index >= 15 is 0 Å². The van der Waals surface area contributed by atoms with E-state index in [0.717, 1.165) is 17.7 Å². The number of rotatable bonds is 8. The highest BCUT2D eigenvalue weighted by atomic mass is 16.5. The number of nitrogens with zero attached hydrogens (tertiary/aromatic N) is 4. The molecule has 0 bridgehead atoms. The van der Waals surface area contributed by atoms with Gasteiger partial charge in [0.2, 0.25) is 11.8 Å². The monoisotopic (exact) mass is 516 g/mol. The summed E-state index contributed by atoms with van der Waals surface area (Å²) in [7, 11) is 1.48. The molecule has 196 valence electrons. The molecule has 38 heavy (non-hydrogen) atoms. The molecule has 4 aromatic rings. The highest BCUT2D eigenvalue weighted by Crippen LogP contribution is 2.28. The third-order valence-electron chi connectivity index (χ3n) is 6.11. The van der Waals surface area contributed by atoms with Gasteiger partial charge in [0.25, 0.3) is 5.91 Å². The van der Waals surface area contributed by atoms with Crippen molar-refractivity contribution < 1.29 is 23.8 Å². The minimum Gasteiger partial charge on any atom is -0.488 e. The maximum absolute atomic E-state index is 13.3. The largest absolute Gasteiger partial charge is 0.488 e. The molecule has 1 fully saturated rings. The standard InChI is InChI=1S/C27H28N6O5/c1-16-20(22-8-9-25-31-24(30-17(2)34)14-33(25)32-22)12-21(27(29-16)36-3)26(35)28-13-18-6-4-5-7-23(18)38-19-10-11-37-15-19/h4-9,12,14,19H,10-11,13,15H2,1-3H3,(H,28,35)(H,30,34). The molecule has 3 aromatic heterocycles. The lowest BCUT2D eigenvalue weighted by atomic mass is 10.1. The Labute approximate surface area is 219 Å². The van der Waals surface area contributed by atoms with Crippen molar-refractivity contribution in [2.24, 2.45) is 0 Å². The van der Waals surface area contributed by atoms with E-state index in [-0.39, 0.29) is 35.9 Å². The third kappa shape index (κ3) is 5.42. The van der Waals surface area contributed by atoms with Crippen LogP contribution in [0.2, 0.25) is 0 Å². The van der Waals surface area contributed by atoms with Gasteiger partial charge in [-0.05, 0) is 31.2 Å². The van der Waals surface area contributed by atoms with Crippen LogP contribution >= 0.6 is 0 Å². The van der Waals surface area contributed by atoms with E-state index < -0.39 is 0 Å².